The molecule has 2 rings (SSSR count). The van der Waals surface area contributed by atoms with E-state index >= 15 is 0 Å². The summed E-state index contributed by atoms with van der Waals surface area (Å²) >= 11 is 3.44. The molecule has 1 amide bonds. The van der Waals surface area contributed by atoms with Gasteiger partial charge in [-0.25, -0.2) is 0 Å². The molecule has 0 saturated carbocycles. The van der Waals surface area contributed by atoms with E-state index in [0.29, 0.717) is 11.4 Å². The number of halogens is 1. The Labute approximate surface area is 125 Å². The molecule has 0 radical (unpaired) electrons. The second-order valence-corrected chi connectivity index (χ2v) is 5.52. The molecule has 20 heavy (non-hydrogen) atoms. The quantitative estimate of drug-likeness (QED) is 0.580. The minimum Gasteiger partial charge on any atom is -0.508 e. The molecule has 5 heteroatoms. The summed E-state index contributed by atoms with van der Waals surface area (Å²) in [6.07, 6.45) is 0. The number of phenolic OH excluding ortho intramolecular Hbond substituents is 1. The maximum atomic E-state index is 12.3. The predicted molar refractivity (Wildman–Crippen MR) is 84.1 cm³/mol. The van der Waals surface area contributed by atoms with Gasteiger partial charge in [0.1, 0.15) is 5.75 Å². The fourth-order valence-electron chi connectivity index (χ4n) is 2.00. The van der Waals surface area contributed by atoms with E-state index in [-0.39, 0.29) is 17.2 Å². The second kappa shape index (κ2) is 5.54. The predicted octanol–water partition coefficient (Wildman–Crippen LogP) is 3.61. The topological polar surface area (TPSA) is 75.3 Å². The van der Waals surface area contributed by atoms with E-state index in [1.807, 2.05) is 26.0 Å². The number of benzene rings is 2. The fourth-order valence-corrected chi connectivity index (χ4v) is 2.77. The van der Waals surface area contributed by atoms with E-state index < -0.39 is 0 Å². The number of hydrogen-bond donors (Lipinski definition) is 3. The van der Waals surface area contributed by atoms with Gasteiger partial charge >= 0.3 is 0 Å². The number of nitrogen functional groups attached to an aromatic ring is 1. The number of aromatic hydroxyl groups is 1. The van der Waals surface area contributed by atoms with Crippen LogP contribution in [-0.4, -0.2) is 11.0 Å². The maximum Gasteiger partial charge on any atom is 0.257 e. The summed E-state index contributed by atoms with van der Waals surface area (Å²) in [6.45, 7) is 3.90. The van der Waals surface area contributed by atoms with Crippen molar-refractivity contribution < 1.29 is 9.90 Å². The van der Waals surface area contributed by atoms with Crippen LogP contribution < -0.4 is 11.1 Å². The first-order valence-corrected chi connectivity index (χ1v) is 6.84. The van der Waals surface area contributed by atoms with E-state index in [4.69, 9.17) is 5.73 Å². The van der Waals surface area contributed by atoms with E-state index in [9.17, 15) is 9.90 Å². The molecule has 0 aliphatic rings. The van der Waals surface area contributed by atoms with Gasteiger partial charge in [0.25, 0.3) is 5.91 Å². The van der Waals surface area contributed by atoms with Crippen LogP contribution in [-0.2, 0) is 0 Å². The second-order valence-electron chi connectivity index (χ2n) is 4.66. The minimum atomic E-state index is -0.356. The Balaban J connectivity index is 2.35. The molecule has 104 valence electrons. The first-order chi connectivity index (χ1) is 9.38. The molecule has 0 atom stereocenters. The Morgan fingerprint density at radius 3 is 2.60 bits per heavy atom. The summed E-state index contributed by atoms with van der Waals surface area (Å²) < 4.78 is 0.807. The number of carbonyl (C=O) groups excluding carboxylic acids is 1. The normalized spacial score (nSPS) is 10.3. The van der Waals surface area contributed by atoms with Crippen LogP contribution in [0.15, 0.2) is 34.8 Å². The number of nitrogens with one attached hydrogen (secondary N) is 1. The highest BCUT2D eigenvalue weighted by atomic mass is 79.9. The van der Waals surface area contributed by atoms with Crippen LogP contribution in [0.25, 0.3) is 0 Å². The summed E-state index contributed by atoms with van der Waals surface area (Å²) in [5, 5.41) is 12.3. The lowest BCUT2D eigenvalue weighted by Gasteiger charge is -2.13. The number of carbonyl (C=O) groups is 1. The SMILES string of the molecule is Cc1cc(C)c(NC(=O)c2cc(O)ccc2N)c(Br)c1. The number of anilines is 2. The average molecular weight is 335 g/mol. The van der Waals surface area contributed by atoms with Crippen molar-refractivity contribution in [2.45, 2.75) is 13.8 Å². The van der Waals surface area contributed by atoms with Crippen LogP contribution >= 0.6 is 15.9 Å². The summed E-state index contributed by atoms with van der Waals surface area (Å²) in [6, 6.07) is 8.20. The summed E-state index contributed by atoms with van der Waals surface area (Å²) in [5.41, 5.74) is 9.08. The van der Waals surface area contributed by atoms with Crippen LogP contribution in [0.4, 0.5) is 11.4 Å². The van der Waals surface area contributed by atoms with Crippen molar-refractivity contribution in [3.8, 4) is 5.75 Å². The summed E-state index contributed by atoms with van der Waals surface area (Å²) in [5.74, 6) is -0.352. The van der Waals surface area contributed by atoms with Gasteiger partial charge < -0.3 is 16.2 Å². The van der Waals surface area contributed by atoms with Crippen LogP contribution in [0, 0.1) is 13.8 Å². The third-order valence-corrected chi connectivity index (χ3v) is 3.58. The summed E-state index contributed by atoms with van der Waals surface area (Å²) in [4.78, 5) is 12.3. The van der Waals surface area contributed by atoms with E-state index in [1.54, 1.807) is 0 Å². The molecular weight excluding hydrogens is 320 g/mol. The van der Waals surface area contributed by atoms with Gasteiger partial charge in [-0.3, -0.25) is 4.79 Å². The zero-order chi connectivity index (χ0) is 14.9. The highest BCUT2D eigenvalue weighted by Gasteiger charge is 2.14. The Kier molecular flexibility index (Phi) is 3.99. The number of nitrogens with two attached hydrogens (primary N) is 1. The molecule has 0 spiro atoms. The molecular formula is C15H15BrN2O2. The average Bonchev–Trinajstić information content (AvgIpc) is 2.36. The van der Waals surface area contributed by atoms with Crippen molar-refractivity contribution in [3.05, 3.63) is 51.5 Å². The van der Waals surface area contributed by atoms with Crippen LogP contribution in [0.2, 0.25) is 0 Å². The number of phenols is 1. The van der Waals surface area contributed by atoms with Gasteiger partial charge in [0.2, 0.25) is 0 Å². The van der Waals surface area contributed by atoms with Crippen molar-refractivity contribution in [2.24, 2.45) is 0 Å². The molecule has 0 aliphatic carbocycles. The lowest BCUT2D eigenvalue weighted by Crippen LogP contribution is -2.15. The van der Waals surface area contributed by atoms with Crippen LogP contribution in [0.3, 0.4) is 0 Å². The van der Waals surface area contributed by atoms with Gasteiger partial charge in [-0.05, 0) is 65.2 Å². The van der Waals surface area contributed by atoms with E-state index in [2.05, 4.69) is 21.2 Å². The van der Waals surface area contributed by atoms with E-state index in [0.717, 1.165) is 15.6 Å². The molecule has 0 aromatic heterocycles. The molecule has 4 nitrogen and oxygen atoms in total. The zero-order valence-corrected chi connectivity index (χ0v) is 12.8. The number of hydrogen-bond acceptors (Lipinski definition) is 3. The third-order valence-electron chi connectivity index (χ3n) is 2.95. The van der Waals surface area contributed by atoms with Crippen molar-refractivity contribution in [1.82, 2.24) is 0 Å². The third kappa shape index (κ3) is 2.93. The Hall–Kier alpha value is -2.01. The Bertz CT molecular complexity index is 661. The smallest absolute Gasteiger partial charge is 0.257 e. The minimum absolute atomic E-state index is 0.00374. The fraction of sp³-hybridized carbons (Fsp3) is 0.133. The largest absolute Gasteiger partial charge is 0.508 e. The van der Waals surface area contributed by atoms with Gasteiger partial charge in [0, 0.05) is 10.2 Å². The zero-order valence-electron chi connectivity index (χ0n) is 11.2. The maximum absolute atomic E-state index is 12.3. The lowest BCUT2D eigenvalue weighted by molar-refractivity contribution is 0.102. The standard InChI is InChI=1S/C15H15BrN2O2/c1-8-5-9(2)14(12(16)6-8)18-15(20)11-7-10(19)3-4-13(11)17/h3-7,19H,17H2,1-2H3,(H,18,20). The monoisotopic (exact) mass is 334 g/mol. The number of aryl methyl sites for hydroxylation is 2. The molecule has 0 aliphatic heterocycles. The van der Waals surface area contributed by atoms with Gasteiger partial charge in [-0.1, -0.05) is 6.07 Å². The first-order valence-electron chi connectivity index (χ1n) is 6.05. The Morgan fingerprint density at radius 2 is 1.95 bits per heavy atom. The van der Waals surface area contributed by atoms with Crippen molar-refractivity contribution >= 4 is 33.2 Å². The summed E-state index contributed by atoms with van der Waals surface area (Å²) in [7, 11) is 0. The van der Waals surface area contributed by atoms with Crippen molar-refractivity contribution in [2.75, 3.05) is 11.1 Å². The lowest BCUT2D eigenvalue weighted by atomic mass is 10.1. The molecule has 4 N–H and O–H groups in total. The molecule has 0 unspecified atom stereocenters. The highest BCUT2D eigenvalue weighted by molar-refractivity contribution is 9.10. The number of amides is 1. The molecule has 2 aromatic rings. The molecule has 0 heterocycles. The van der Waals surface area contributed by atoms with Gasteiger partial charge in [-0.15, -0.1) is 0 Å². The number of rotatable bonds is 2. The van der Waals surface area contributed by atoms with E-state index in [1.165, 1.54) is 18.2 Å². The molecule has 0 bridgehead atoms. The van der Waals surface area contributed by atoms with Gasteiger partial charge in [0.15, 0.2) is 0 Å². The molecule has 0 saturated heterocycles. The van der Waals surface area contributed by atoms with Crippen molar-refractivity contribution in [1.29, 1.82) is 0 Å². The highest BCUT2D eigenvalue weighted by Crippen LogP contribution is 2.29. The Morgan fingerprint density at radius 1 is 1.25 bits per heavy atom. The van der Waals surface area contributed by atoms with Crippen molar-refractivity contribution in [3.63, 3.8) is 0 Å². The van der Waals surface area contributed by atoms with Crippen LogP contribution in [0.5, 0.6) is 5.75 Å². The molecule has 0 fully saturated rings. The van der Waals surface area contributed by atoms with Crippen LogP contribution in [0.1, 0.15) is 21.5 Å². The van der Waals surface area contributed by atoms with Gasteiger partial charge in [-0.2, -0.15) is 0 Å². The molecule has 2 aromatic carbocycles. The van der Waals surface area contributed by atoms with Gasteiger partial charge in [0.05, 0.1) is 11.3 Å². The first kappa shape index (κ1) is 14.4.